The van der Waals surface area contributed by atoms with Crippen LogP contribution in [0.2, 0.25) is 0 Å². The summed E-state index contributed by atoms with van der Waals surface area (Å²) in [5.41, 5.74) is 4.65. The monoisotopic (exact) mass is 377 g/mol. The lowest BCUT2D eigenvalue weighted by atomic mass is 10.1. The zero-order valence-corrected chi connectivity index (χ0v) is 15.9. The van der Waals surface area contributed by atoms with Crippen molar-refractivity contribution < 1.29 is 4.92 Å². The van der Waals surface area contributed by atoms with Gasteiger partial charge in [0, 0.05) is 43.3 Å². The molecule has 142 valence electrons. The molecule has 9 nitrogen and oxygen atoms in total. The second-order valence-electron chi connectivity index (χ2n) is 6.48. The van der Waals surface area contributed by atoms with E-state index in [9.17, 15) is 15.4 Å². The number of H-pyrrole nitrogens is 1. The Balaban J connectivity index is 1.97. The molecular weight excluding hydrogens is 358 g/mol. The fourth-order valence-electron chi connectivity index (χ4n) is 3.06. The lowest BCUT2D eigenvalue weighted by molar-refractivity contribution is -0.384. The van der Waals surface area contributed by atoms with Crippen molar-refractivity contribution in [1.82, 2.24) is 15.0 Å². The fraction of sp³-hybridized carbons (Fsp3) is 0.211. The zero-order valence-electron chi connectivity index (χ0n) is 15.9. The van der Waals surface area contributed by atoms with E-state index in [0.29, 0.717) is 28.7 Å². The van der Waals surface area contributed by atoms with Crippen LogP contribution in [0, 0.1) is 35.3 Å². The van der Waals surface area contributed by atoms with Gasteiger partial charge in [-0.3, -0.25) is 10.1 Å². The third-order valence-electron chi connectivity index (χ3n) is 4.37. The van der Waals surface area contributed by atoms with Crippen LogP contribution >= 0.6 is 0 Å². The maximum absolute atomic E-state index is 11.4. The number of aromatic nitrogens is 3. The summed E-state index contributed by atoms with van der Waals surface area (Å²) in [6.45, 7) is 3.73. The predicted molar refractivity (Wildman–Crippen MR) is 107 cm³/mol. The van der Waals surface area contributed by atoms with E-state index in [1.807, 2.05) is 13.8 Å². The Hall–Kier alpha value is -3.93. The Bertz CT molecular complexity index is 1100. The number of rotatable bonds is 5. The zero-order chi connectivity index (χ0) is 20.4. The summed E-state index contributed by atoms with van der Waals surface area (Å²) in [4.78, 5) is 24.4. The fourth-order valence-corrected chi connectivity index (χ4v) is 3.06. The number of aryl methyl sites for hydroxylation is 1. The minimum atomic E-state index is -0.423. The van der Waals surface area contributed by atoms with E-state index in [1.165, 1.54) is 6.07 Å². The summed E-state index contributed by atoms with van der Waals surface area (Å²) >= 11 is 0. The summed E-state index contributed by atoms with van der Waals surface area (Å²) in [6, 6.07) is 8.74. The van der Waals surface area contributed by atoms with Crippen molar-refractivity contribution in [3.8, 4) is 17.3 Å². The molecule has 0 fully saturated rings. The number of hydrogen-bond donors (Lipinski definition) is 2. The molecule has 0 bridgehead atoms. The highest BCUT2D eigenvalue weighted by atomic mass is 16.6. The van der Waals surface area contributed by atoms with Crippen molar-refractivity contribution in [2.75, 3.05) is 24.3 Å². The summed E-state index contributed by atoms with van der Waals surface area (Å²) in [5.74, 6) is 0.308. The summed E-state index contributed by atoms with van der Waals surface area (Å²) < 4.78 is 0. The molecule has 0 aliphatic heterocycles. The number of anilines is 3. The van der Waals surface area contributed by atoms with E-state index in [-0.39, 0.29) is 5.69 Å². The topological polar surface area (TPSA) is 124 Å². The number of nitriles is 1. The van der Waals surface area contributed by atoms with Gasteiger partial charge < -0.3 is 15.2 Å². The molecule has 2 aromatic heterocycles. The van der Waals surface area contributed by atoms with E-state index in [0.717, 1.165) is 16.8 Å². The highest BCUT2D eigenvalue weighted by Crippen LogP contribution is 2.32. The van der Waals surface area contributed by atoms with Crippen LogP contribution in [0.5, 0.6) is 0 Å². The number of nitro benzene ring substituents is 1. The number of benzene rings is 1. The molecule has 3 rings (SSSR count). The Morgan fingerprint density at radius 3 is 2.64 bits per heavy atom. The van der Waals surface area contributed by atoms with Crippen molar-refractivity contribution in [2.45, 2.75) is 13.8 Å². The molecule has 9 heteroatoms. The first-order chi connectivity index (χ1) is 13.3. The maximum atomic E-state index is 11.4. The van der Waals surface area contributed by atoms with Crippen molar-refractivity contribution in [3.63, 3.8) is 0 Å². The van der Waals surface area contributed by atoms with E-state index in [1.54, 1.807) is 43.4 Å². The molecule has 2 heterocycles. The van der Waals surface area contributed by atoms with Crippen LogP contribution in [0.3, 0.4) is 0 Å². The van der Waals surface area contributed by atoms with Crippen LogP contribution in [-0.4, -0.2) is 34.0 Å². The first-order valence-electron chi connectivity index (χ1n) is 8.47. The SMILES string of the molecule is Cc1[nH]c(C#N)c(C)c1-c1ccnc(Nc2ccc(N(C)C)c([N+](=O)[O-])c2)n1. The summed E-state index contributed by atoms with van der Waals surface area (Å²) in [6.07, 6.45) is 1.60. The molecular formula is C19H19N7O2. The van der Waals surface area contributed by atoms with Gasteiger partial charge >= 0.3 is 0 Å². The molecule has 1 aromatic carbocycles. The second kappa shape index (κ2) is 7.36. The highest BCUT2D eigenvalue weighted by Gasteiger charge is 2.18. The van der Waals surface area contributed by atoms with Gasteiger partial charge in [0.2, 0.25) is 5.95 Å². The molecule has 2 N–H and O–H groups in total. The van der Waals surface area contributed by atoms with Gasteiger partial charge in [0.15, 0.2) is 0 Å². The van der Waals surface area contributed by atoms with Crippen LogP contribution < -0.4 is 10.2 Å². The average molecular weight is 377 g/mol. The molecule has 0 aliphatic rings. The third kappa shape index (κ3) is 3.48. The Kier molecular flexibility index (Phi) is 4.96. The van der Waals surface area contributed by atoms with Gasteiger partial charge in [-0.2, -0.15) is 5.26 Å². The van der Waals surface area contributed by atoms with Crippen LogP contribution in [0.4, 0.5) is 23.0 Å². The minimum absolute atomic E-state index is 0.0119. The lowest BCUT2D eigenvalue weighted by Crippen LogP contribution is -2.11. The Labute approximate surface area is 161 Å². The van der Waals surface area contributed by atoms with Gasteiger partial charge in [-0.15, -0.1) is 0 Å². The van der Waals surface area contributed by atoms with E-state index in [4.69, 9.17) is 0 Å². The average Bonchev–Trinajstić information content (AvgIpc) is 2.95. The molecule has 0 saturated carbocycles. The van der Waals surface area contributed by atoms with Crippen LogP contribution in [0.25, 0.3) is 11.3 Å². The maximum Gasteiger partial charge on any atom is 0.294 e. The molecule has 0 aliphatic carbocycles. The van der Waals surface area contributed by atoms with E-state index >= 15 is 0 Å². The predicted octanol–water partition coefficient (Wildman–Crippen LogP) is 3.68. The number of nitrogens with zero attached hydrogens (tertiary/aromatic N) is 5. The standard InChI is InChI=1S/C19H19N7O2/c1-11-15(10-20)22-12(2)18(11)14-7-8-21-19(24-14)23-13-5-6-16(25(3)4)17(9-13)26(27)28/h5-9,22H,1-4H3,(H,21,23,24). The quantitative estimate of drug-likeness (QED) is 0.513. The van der Waals surface area contributed by atoms with Crippen molar-refractivity contribution in [3.05, 3.63) is 57.5 Å². The molecule has 3 aromatic rings. The van der Waals surface area contributed by atoms with Gasteiger partial charge in [-0.25, -0.2) is 9.97 Å². The first kappa shape index (κ1) is 18.8. The smallest absolute Gasteiger partial charge is 0.294 e. The number of hydrogen-bond acceptors (Lipinski definition) is 7. The third-order valence-corrected chi connectivity index (χ3v) is 4.37. The first-order valence-corrected chi connectivity index (χ1v) is 8.47. The van der Waals surface area contributed by atoms with Gasteiger partial charge in [0.1, 0.15) is 17.5 Å². The number of nitro groups is 1. The minimum Gasteiger partial charge on any atom is -0.372 e. The number of aromatic amines is 1. The van der Waals surface area contributed by atoms with Gasteiger partial charge in [0.25, 0.3) is 5.69 Å². The molecule has 28 heavy (non-hydrogen) atoms. The van der Waals surface area contributed by atoms with Crippen LogP contribution in [0.15, 0.2) is 30.5 Å². The van der Waals surface area contributed by atoms with Gasteiger partial charge in [-0.05, 0) is 37.6 Å². The second-order valence-corrected chi connectivity index (χ2v) is 6.48. The number of nitrogens with one attached hydrogen (secondary N) is 2. The molecule has 0 spiro atoms. The molecule has 0 amide bonds. The van der Waals surface area contributed by atoms with Crippen molar-refractivity contribution in [1.29, 1.82) is 5.26 Å². The highest BCUT2D eigenvalue weighted by molar-refractivity contribution is 5.72. The van der Waals surface area contributed by atoms with E-state index < -0.39 is 4.92 Å². The molecule has 0 unspecified atom stereocenters. The Morgan fingerprint density at radius 2 is 2.04 bits per heavy atom. The largest absolute Gasteiger partial charge is 0.372 e. The van der Waals surface area contributed by atoms with Crippen molar-refractivity contribution in [2.24, 2.45) is 0 Å². The van der Waals surface area contributed by atoms with Crippen LogP contribution in [-0.2, 0) is 0 Å². The van der Waals surface area contributed by atoms with E-state index in [2.05, 4.69) is 26.3 Å². The normalized spacial score (nSPS) is 10.4. The van der Waals surface area contributed by atoms with Crippen molar-refractivity contribution >= 4 is 23.0 Å². The van der Waals surface area contributed by atoms with Gasteiger partial charge in [-0.1, -0.05) is 0 Å². The Morgan fingerprint density at radius 1 is 1.29 bits per heavy atom. The summed E-state index contributed by atoms with van der Waals surface area (Å²) in [7, 11) is 3.50. The molecule has 0 saturated heterocycles. The van der Waals surface area contributed by atoms with Gasteiger partial charge in [0.05, 0.1) is 10.6 Å². The lowest BCUT2D eigenvalue weighted by Gasteiger charge is -2.14. The molecule has 0 radical (unpaired) electrons. The molecule has 0 atom stereocenters. The van der Waals surface area contributed by atoms with Crippen LogP contribution in [0.1, 0.15) is 17.0 Å². The summed E-state index contributed by atoms with van der Waals surface area (Å²) in [5, 5.41) is 23.6.